The van der Waals surface area contributed by atoms with Crippen molar-refractivity contribution in [1.82, 2.24) is 15.3 Å². The molecule has 2 atom stereocenters. The van der Waals surface area contributed by atoms with Gasteiger partial charge in [0.05, 0.1) is 13.2 Å². The molecule has 3 amide bonds. The SMILES string of the molecule is C[C@H](NOCc1ccccc1)C(=O)N1C(=O)N(C)C[C@H]1C(=O)OC(C)(C)C. The lowest BCUT2D eigenvalue weighted by Gasteiger charge is -2.26. The average Bonchev–Trinajstić information content (AvgIpc) is 2.89. The predicted molar refractivity (Wildman–Crippen MR) is 98.3 cm³/mol. The summed E-state index contributed by atoms with van der Waals surface area (Å²) in [4.78, 5) is 45.2. The number of hydroxylamine groups is 1. The van der Waals surface area contributed by atoms with Crippen LogP contribution in [0.3, 0.4) is 0 Å². The van der Waals surface area contributed by atoms with Crippen LogP contribution in [-0.2, 0) is 25.8 Å². The largest absolute Gasteiger partial charge is 0.458 e. The summed E-state index contributed by atoms with van der Waals surface area (Å²) in [6.45, 7) is 7.14. The Morgan fingerprint density at radius 3 is 2.48 bits per heavy atom. The monoisotopic (exact) mass is 377 g/mol. The van der Waals surface area contributed by atoms with Gasteiger partial charge in [-0.3, -0.25) is 9.63 Å². The molecule has 0 spiro atoms. The first kappa shape index (κ1) is 20.9. The molecule has 1 aromatic rings. The van der Waals surface area contributed by atoms with E-state index in [1.165, 1.54) is 11.9 Å². The van der Waals surface area contributed by atoms with Crippen molar-refractivity contribution in [2.75, 3.05) is 13.6 Å². The summed E-state index contributed by atoms with van der Waals surface area (Å²) >= 11 is 0. The summed E-state index contributed by atoms with van der Waals surface area (Å²) in [5.41, 5.74) is 2.87. The van der Waals surface area contributed by atoms with Crippen molar-refractivity contribution in [1.29, 1.82) is 0 Å². The molecule has 1 fully saturated rings. The first-order valence-corrected chi connectivity index (χ1v) is 8.82. The highest BCUT2D eigenvalue weighted by Gasteiger charge is 2.46. The normalized spacial score (nSPS) is 18.6. The number of carbonyl (C=O) groups is 3. The maximum absolute atomic E-state index is 12.8. The van der Waals surface area contributed by atoms with Gasteiger partial charge in [-0.25, -0.2) is 14.5 Å². The Kier molecular flexibility index (Phi) is 6.56. The van der Waals surface area contributed by atoms with Crippen molar-refractivity contribution >= 4 is 17.9 Å². The lowest BCUT2D eigenvalue weighted by molar-refractivity contribution is -0.162. The minimum absolute atomic E-state index is 0.0943. The minimum atomic E-state index is -0.979. The molecular formula is C19H27N3O5. The van der Waals surface area contributed by atoms with E-state index in [-0.39, 0.29) is 13.2 Å². The smallest absolute Gasteiger partial charge is 0.331 e. The Balaban J connectivity index is 2.00. The van der Waals surface area contributed by atoms with Crippen molar-refractivity contribution in [2.45, 2.75) is 52.0 Å². The highest BCUT2D eigenvalue weighted by atomic mass is 16.6. The zero-order valence-electron chi connectivity index (χ0n) is 16.4. The van der Waals surface area contributed by atoms with E-state index in [1.807, 2.05) is 30.3 Å². The third kappa shape index (κ3) is 5.51. The Morgan fingerprint density at radius 1 is 1.26 bits per heavy atom. The van der Waals surface area contributed by atoms with Gasteiger partial charge in [-0.05, 0) is 33.3 Å². The fourth-order valence-electron chi connectivity index (χ4n) is 2.62. The van der Waals surface area contributed by atoms with E-state index < -0.39 is 35.6 Å². The number of hydrogen-bond donors (Lipinski definition) is 1. The summed E-state index contributed by atoms with van der Waals surface area (Å²) in [7, 11) is 1.54. The first-order chi connectivity index (χ1) is 12.6. The van der Waals surface area contributed by atoms with Crippen LogP contribution < -0.4 is 5.48 Å². The molecule has 1 saturated heterocycles. The summed E-state index contributed by atoms with van der Waals surface area (Å²) in [5, 5.41) is 0. The van der Waals surface area contributed by atoms with Gasteiger partial charge in [0, 0.05) is 7.05 Å². The molecule has 8 heteroatoms. The number of amides is 3. The number of ether oxygens (including phenoxy) is 1. The number of likely N-dealkylation sites (N-methyl/N-ethyl adjacent to an activating group) is 1. The van der Waals surface area contributed by atoms with E-state index in [2.05, 4.69) is 5.48 Å². The van der Waals surface area contributed by atoms with Gasteiger partial charge in [-0.2, -0.15) is 5.48 Å². The van der Waals surface area contributed by atoms with Crippen molar-refractivity contribution in [3.8, 4) is 0 Å². The topological polar surface area (TPSA) is 88.2 Å². The highest BCUT2D eigenvalue weighted by molar-refractivity contribution is 6.02. The van der Waals surface area contributed by atoms with Crippen LogP contribution in [-0.4, -0.2) is 59.0 Å². The highest BCUT2D eigenvalue weighted by Crippen LogP contribution is 2.20. The first-order valence-electron chi connectivity index (χ1n) is 8.82. The second kappa shape index (κ2) is 8.49. The number of nitrogens with one attached hydrogen (secondary N) is 1. The summed E-state index contributed by atoms with van der Waals surface area (Å²) in [6, 6.07) is 7.14. The second-order valence-corrected chi connectivity index (χ2v) is 7.53. The van der Waals surface area contributed by atoms with E-state index >= 15 is 0 Å². The molecule has 8 nitrogen and oxygen atoms in total. The van der Waals surface area contributed by atoms with E-state index in [0.29, 0.717) is 0 Å². The van der Waals surface area contributed by atoms with Gasteiger partial charge >= 0.3 is 12.0 Å². The second-order valence-electron chi connectivity index (χ2n) is 7.53. The molecule has 2 rings (SSSR count). The van der Waals surface area contributed by atoms with Gasteiger partial charge in [0.1, 0.15) is 11.6 Å². The molecule has 0 radical (unpaired) electrons. The average molecular weight is 377 g/mol. The number of esters is 1. The van der Waals surface area contributed by atoms with E-state index in [0.717, 1.165) is 10.5 Å². The zero-order valence-corrected chi connectivity index (χ0v) is 16.4. The van der Waals surface area contributed by atoms with Crippen molar-refractivity contribution < 1.29 is 24.0 Å². The van der Waals surface area contributed by atoms with Crippen LogP contribution in [0.4, 0.5) is 4.79 Å². The lowest BCUT2D eigenvalue weighted by Crippen LogP contribution is -2.52. The van der Waals surface area contributed by atoms with Crippen LogP contribution in [0.5, 0.6) is 0 Å². The van der Waals surface area contributed by atoms with Crippen LogP contribution in [0, 0.1) is 0 Å². The number of rotatable bonds is 6. The molecule has 0 aliphatic carbocycles. The van der Waals surface area contributed by atoms with Gasteiger partial charge < -0.3 is 9.64 Å². The fourth-order valence-corrected chi connectivity index (χ4v) is 2.62. The molecule has 0 unspecified atom stereocenters. The van der Waals surface area contributed by atoms with Gasteiger partial charge in [0.25, 0.3) is 5.91 Å². The third-order valence-corrected chi connectivity index (χ3v) is 3.92. The molecule has 0 saturated carbocycles. The maximum Gasteiger partial charge on any atom is 0.331 e. The fraction of sp³-hybridized carbons (Fsp3) is 0.526. The van der Waals surface area contributed by atoms with Crippen LogP contribution in [0.2, 0.25) is 0 Å². The van der Waals surface area contributed by atoms with Gasteiger partial charge in [0.2, 0.25) is 0 Å². The summed E-state index contributed by atoms with van der Waals surface area (Å²) in [5.74, 6) is -1.15. The van der Waals surface area contributed by atoms with Crippen LogP contribution >= 0.6 is 0 Å². The van der Waals surface area contributed by atoms with Crippen molar-refractivity contribution in [2.24, 2.45) is 0 Å². The summed E-state index contributed by atoms with van der Waals surface area (Å²) in [6.07, 6.45) is 0. The van der Waals surface area contributed by atoms with Gasteiger partial charge in [-0.1, -0.05) is 30.3 Å². The number of nitrogens with zero attached hydrogens (tertiary/aromatic N) is 2. The molecule has 27 heavy (non-hydrogen) atoms. The van der Waals surface area contributed by atoms with Crippen LogP contribution in [0.1, 0.15) is 33.3 Å². The molecular weight excluding hydrogens is 350 g/mol. The molecule has 1 aliphatic heterocycles. The Labute approximate surface area is 159 Å². The predicted octanol–water partition coefficient (Wildman–Crippen LogP) is 1.70. The molecule has 1 aliphatic rings. The molecule has 0 aromatic heterocycles. The Morgan fingerprint density at radius 2 is 1.89 bits per heavy atom. The molecule has 148 valence electrons. The minimum Gasteiger partial charge on any atom is -0.458 e. The zero-order chi connectivity index (χ0) is 20.2. The van der Waals surface area contributed by atoms with Crippen LogP contribution in [0.15, 0.2) is 30.3 Å². The van der Waals surface area contributed by atoms with Crippen molar-refractivity contribution in [3.05, 3.63) is 35.9 Å². The van der Waals surface area contributed by atoms with E-state index in [4.69, 9.17) is 9.57 Å². The van der Waals surface area contributed by atoms with Crippen LogP contribution in [0.25, 0.3) is 0 Å². The lowest BCUT2D eigenvalue weighted by atomic mass is 10.2. The summed E-state index contributed by atoms with van der Waals surface area (Å²) < 4.78 is 5.35. The number of urea groups is 1. The van der Waals surface area contributed by atoms with Crippen molar-refractivity contribution in [3.63, 3.8) is 0 Å². The number of benzene rings is 1. The third-order valence-electron chi connectivity index (χ3n) is 3.92. The molecule has 1 heterocycles. The number of hydrogen-bond acceptors (Lipinski definition) is 6. The maximum atomic E-state index is 12.8. The van der Waals surface area contributed by atoms with Gasteiger partial charge in [-0.15, -0.1) is 0 Å². The Bertz CT molecular complexity index is 686. The standard InChI is InChI=1S/C19H27N3O5/c1-13(20-26-12-14-9-7-6-8-10-14)16(23)22-15(11-21(5)18(22)25)17(24)27-19(2,3)4/h6-10,13,15,20H,11-12H2,1-5H3/t13-,15-/m0/s1. The number of imide groups is 1. The molecule has 0 bridgehead atoms. The van der Waals surface area contributed by atoms with Gasteiger partial charge in [0.15, 0.2) is 6.04 Å². The number of carbonyl (C=O) groups excluding carboxylic acids is 3. The molecule has 1 N–H and O–H groups in total. The quantitative estimate of drug-likeness (QED) is 0.600. The molecule has 1 aromatic carbocycles. The van der Waals surface area contributed by atoms with E-state index in [1.54, 1.807) is 27.7 Å². The van der Waals surface area contributed by atoms with E-state index in [9.17, 15) is 14.4 Å². The Hall–Kier alpha value is -2.45.